The summed E-state index contributed by atoms with van der Waals surface area (Å²) in [6.45, 7) is 1.85. The van der Waals surface area contributed by atoms with Crippen LogP contribution in [0.15, 0.2) is 47.5 Å². The van der Waals surface area contributed by atoms with Crippen molar-refractivity contribution in [1.82, 2.24) is 0 Å². The number of amidine groups is 1. The molecular weight excluding hydrogens is 361 g/mol. The van der Waals surface area contributed by atoms with E-state index in [1.54, 1.807) is 30.3 Å². The van der Waals surface area contributed by atoms with Crippen LogP contribution in [0.2, 0.25) is 5.02 Å². The van der Waals surface area contributed by atoms with E-state index >= 15 is 0 Å². The number of nitrogens with zero attached hydrogens (tertiary/aromatic N) is 1. The van der Waals surface area contributed by atoms with Crippen LogP contribution in [0.25, 0.3) is 0 Å². The lowest BCUT2D eigenvalue weighted by Gasteiger charge is -2.30. The number of hydrogen-bond acceptors (Lipinski definition) is 4. The zero-order chi connectivity index (χ0) is 18.0. The monoisotopic (exact) mass is 377 g/mol. The van der Waals surface area contributed by atoms with Gasteiger partial charge >= 0.3 is 0 Å². The van der Waals surface area contributed by atoms with Gasteiger partial charge in [-0.2, -0.15) is 0 Å². The number of amides is 1. The van der Waals surface area contributed by atoms with Crippen molar-refractivity contribution in [3.63, 3.8) is 0 Å². The number of thioether (sulfide) groups is 1. The van der Waals surface area contributed by atoms with Crippen LogP contribution in [0, 0.1) is 5.82 Å². The molecule has 0 fully saturated rings. The van der Waals surface area contributed by atoms with Gasteiger partial charge in [-0.1, -0.05) is 23.4 Å². The van der Waals surface area contributed by atoms with Crippen molar-refractivity contribution in [2.45, 2.75) is 18.9 Å². The van der Waals surface area contributed by atoms with Gasteiger partial charge in [0.2, 0.25) is 0 Å². The van der Waals surface area contributed by atoms with E-state index in [0.717, 1.165) is 5.75 Å². The van der Waals surface area contributed by atoms with Crippen LogP contribution in [-0.2, 0) is 5.54 Å². The number of benzene rings is 2. The second-order valence-corrected chi connectivity index (χ2v) is 7.53. The Balaban J connectivity index is 1.88. The fourth-order valence-corrected chi connectivity index (χ4v) is 3.80. The number of anilines is 1. The molecule has 0 aliphatic carbocycles. The highest BCUT2D eigenvalue weighted by molar-refractivity contribution is 8.13. The maximum atomic E-state index is 14.4. The fourth-order valence-electron chi connectivity index (χ4n) is 2.70. The van der Waals surface area contributed by atoms with E-state index in [4.69, 9.17) is 17.3 Å². The van der Waals surface area contributed by atoms with E-state index in [0.29, 0.717) is 33.4 Å². The SMILES string of the molecule is CC1(c2cc(NC(=O)c3ccc(Cl)cc3)ccc2F)CCSC(N)=N1. The van der Waals surface area contributed by atoms with Crippen LogP contribution in [0.3, 0.4) is 0 Å². The summed E-state index contributed by atoms with van der Waals surface area (Å²) in [7, 11) is 0. The molecule has 7 heteroatoms. The molecule has 1 unspecified atom stereocenters. The second-order valence-electron chi connectivity index (χ2n) is 5.98. The van der Waals surface area contributed by atoms with Crippen molar-refractivity contribution < 1.29 is 9.18 Å². The molecular formula is C18H17ClFN3OS. The summed E-state index contributed by atoms with van der Waals surface area (Å²) >= 11 is 7.29. The van der Waals surface area contributed by atoms with Gasteiger partial charge in [0.25, 0.3) is 5.91 Å². The third kappa shape index (κ3) is 3.96. The first-order chi connectivity index (χ1) is 11.9. The molecule has 0 saturated carbocycles. The van der Waals surface area contributed by atoms with Crippen LogP contribution < -0.4 is 11.1 Å². The van der Waals surface area contributed by atoms with Crippen LogP contribution >= 0.6 is 23.4 Å². The van der Waals surface area contributed by atoms with Crippen molar-refractivity contribution in [2.75, 3.05) is 11.1 Å². The summed E-state index contributed by atoms with van der Waals surface area (Å²) in [6.07, 6.45) is 0.671. The van der Waals surface area contributed by atoms with E-state index in [1.807, 2.05) is 6.92 Å². The van der Waals surface area contributed by atoms with Crippen molar-refractivity contribution >= 4 is 40.1 Å². The van der Waals surface area contributed by atoms with Crippen molar-refractivity contribution in [3.05, 3.63) is 64.4 Å². The maximum Gasteiger partial charge on any atom is 0.255 e. The Morgan fingerprint density at radius 2 is 2.04 bits per heavy atom. The fraction of sp³-hybridized carbons (Fsp3) is 0.222. The number of carbonyl (C=O) groups is 1. The molecule has 2 aromatic rings. The molecule has 2 aromatic carbocycles. The molecule has 1 aliphatic heterocycles. The van der Waals surface area contributed by atoms with Crippen LogP contribution in [0.5, 0.6) is 0 Å². The molecule has 0 radical (unpaired) electrons. The molecule has 0 aromatic heterocycles. The highest BCUT2D eigenvalue weighted by atomic mass is 35.5. The topological polar surface area (TPSA) is 67.5 Å². The van der Waals surface area contributed by atoms with Gasteiger partial charge in [0.15, 0.2) is 5.17 Å². The van der Waals surface area contributed by atoms with Crippen molar-refractivity contribution in [3.8, 4) is 0 Å². The highest BCUT2D eigenvalue weighted by Gasteiger charge is 2.32. The van der Waals surface area contributed by atoms with Gasteiger partial charge < -0.3 is 11.1 Å². The second kappa shape index (κ2) is 7.06. The van der Waals surface area contributed by atoms with Crippen molar-refractivity contribution in [1.29, 1.82) is 0 Å². The summed E-state index contributed by atoms with van der Waals surface area (Å²) in [5.41, 5.74) is 6.47. The molecule has 1 amide bonds. The van der Waals surface area contributed by atoms with Crippen LogP contribution in [-0.4, -0.2) is 16.8 Å². The van der Waals surface area contributed by atoms with E-state index in [9.17, 15) is 9.18 Å². The summed E-state index contributed by atoms with van der Waals surface area (Å²) < 4.78 is 14.4. The lowest BCUT2D eigenvalue weighted by atomic mass is 9.89. The first-order valence-corrected chi connectivity index (χ1v) is 9.09. The first kappa shape index (κ1) is 17.8. The van der Waals surface area contributed by atoms with Gasteiger partial charge in [-0.25, -0.2) is 4.39 Å². The van der Waals surface area contributed by atoms with E-state index < -0.39 is 5.54 Å². The summed E-state index contributed by atoms with van der Waals surface area (Å²) in [5, 5.41) is 3.78. The number of aliphatic imine (C=N–C) groups is 1. The third-order valence-corrected chi connectivity index (χ3v) is 5.15. The summed E-state index contributed by atoms with van der Waals surface area (Å²) in [6, 6.07) is 11.0. The van der Waals surface area contributed by atoms with Crippen molar-refractivity contribution in [2.24, 2.45) is 10.7 Å². The lowest BCUT2D eigenvalue weighted by molar-refractivity contribution is 0.102. The normalized spacial score (nSPS) is 20.0. The first-order valence-electron chi connectivity index (χ1n) is 7.72. The minimum atomic E-state index is -0.736. The Morgan fingerprint density at radius 1 is 1.32 bits per heavy atom. The number of nitrogens with two attached hydrogens (primary N) is 1. The largest absolute Gasteiger partial charge is 0.379 e. The Hall–Kier alpha value is -2.05. The highest BCUT2D eigenvalue weighted by Crippen LogP contribution is 2.37. The van der Waals surface area contributed by atoms with Crippen LogP contribution in [0.4, 0.5) is 10.1 Å². The minimum Gasteiger partial charge on any atom is -0.379 e. The van der Waals surface area contributed by atoms with E-state index in [2.05, 4.69) is 10.3 Å². The maximum absolute atomic E-state index is 14.4. The molecule has 0 spiro atoms. The zero-order valence-corrected chi connectivity index (χ0v) is 15.1. The number of hydrogen-bond donors (Lipinski definition) is 2. The average molecular weight is 378 g/mol. The van der Waals surface area contributed by atoms with Crippen LogP contribution in [0.1, 0.15) is 29.3 Å². The smallest absolute Gasteiger partial charge is 0.255 e. The standard InChI is InChI=1S/C18H17ClFN3OS/c1-18(8-9-25-17(21)23-18)14-10-13(6-7-15(14)20)22-16(24)11-2-4-12(19)5-3-11/h2-7,10H,8-9H2,1H3,(H2,21,23)(H,22,24). The molecule has 130 valence electrons. The van der Waals surface area contributed by atoms with Gasteiger partial charge in [0.05, 0.1) is 5.54 Å². The van der Waals surface area contributed by atoms with E-state index in [1.165, 1.54) is 23.9 Å². The Kier molecular flexibility index (Phi) is 5.01. The van der Waals surface area contributed by atoms with Gasteiger partial charge in [-0.05, 0) is 55.8 Å². The Bertz CT molecular complexity index is 841. The van der Waals surface area contributed by atoms with Gasteiger partial charge in [0.1, 0.15) is 5.82 Å². The Morgan fingerprint density at radius 3 is 2.72 bits per heavy atom. The number of carbonyl (C=O) groups excluding carboxylic acids is 1. The average Bonchev–Trinajstić information content (AvgIpc) is 2.57. The van der Waals surface area contributed by atoms with Gasteiger partial charge in [0, 0.05) is 27.6 Å². The number of rotatable bonds is 3. The van der Waals surface area contributed by atoms with Gasteiger partial charge in [-0.3, -0.25) is 9.79 Å². The number of nitrogens with one attached hydrogen (secondary N) is 1. The zero-order valence-electron chi connectivity index (χ0n) is 13.6. The predicted molar refractivity (Wildman–Crippen MR) is 102 cm³/mol. The molecule has 1 aliphatic rings. The molecule has 1 heterocycles. The molecule has 3 rings (SSSR count). The third-order valence-electron chi connectivity index (χ3n) is 4.11. The minimum absolute atomic E-state index is 0.290. The molecule has 4 nitrogen and oxygen atoms in total. The predicted octanol–water partition coefficient (Wildman–Crippen LogP) is 4.40. The molecule has 1 atom stereocenters. The molecule has 25 heavy (non-hydrogen) atoms. The number of halogens is 2. The van der Waals surface area contributed by atoms with Gasteiger partial charge in [-0.15, -0.1) is 0 Å². The quantitative estimate of drug-likeness (QED) is 0.833. The lowest BCUT2D eigenvalue weighted by Crippen LogP contribution is -2.29. The molecule has 3 N–H and O–H groups in total. The summed E-state index contributed by atoms with van der Waals surface area (Å²) in [4.78, 5) is 16.8. The summed E-state index contributed by atoms with van der Waals surface area (Å²) in [5.74, 6) is 0.115. The molecule has 0 bridgehead atoms. The Labute approximate surface area is 154 Å². The molecule has 0 saturated heterocycles. The van der Waals surface area contributed by atoms with E-state index in [-0.39, 0.29) is 11.7 Å².